The molecular weight excluding hydrogens is 360 g/mol. The van der Waals surface area contributed by atoms with E-state index in [1.165, 1.54) is 0 Å². The Kier molecular flexibility index (Phi) is 5.45. The van der Waals surface area contributed by atoms with Crippen molar-refractivity contribution in [2.75, 3.05) is 6.61 Å². The molecule has 7 heteroatoms. The molecule has 0 aliphatic heterocycles. The van der Waals surface area contributed by atoms with E-state index in [0.717, 1.165) is 5.56 Å². The number of nitrogens with one attached hydrogen (secondary N) is 2. The van der Waals surface area contributed by atoms with Gasteiger partial charge in [0.1, 0.15) is 5.75 Å². The van der Waals surface area contributed by atoms with E-state index in [-0.39, 0.29) is 23.9 Å². The summed E-state index contributed by atoms with van der Waals surface area (Å²) in [7, 11) is 0. The van der Waals surface area contributed by atoms with Crippen LogP contribution in [0.25, 0.3) is 0 Å². The molecule has 1 saturated carbocycles. The molecule has 0 heterocycles. The van der Waals surface area contributed by atoms with Crippen molar-refractivity contribution in [3.8, 4) is 5.75 Å². The highest BCUT2D eigenvalue weighted by molar-refractivity contribution is 5.88. The van der Waals surface area contributed by atoms with Crippen LogP contribution < -0.4 is 15.6 Å². The lowest BCUT2D eigenvalue weighted by Crippen LogP contribution is -2.49. The number of carboxylic acids is 1. The summed E-state index contributed by atoms with van der Waals surface area (Å²) >= 11 is 0. The van der Waals surface area contributed by atoms with Crippen LogP contribution in [0.1, 0.15) is 32.8 Å². The minimum atomic E-state index is -0.981. The SMILES string of the molecule is CC(C)(C)c1ccc(OCC(=O)NNC(=O)[C@H]2[C@H](C(=O)O)[C@H]3C=C[C@H]2C3)cc1. The molecule has 3 rings (SSSR count). The number of hydrazine groups is 1. The summed E-state index contributed by atoms with van der Waals surface area (Å²) in [4.78, 5) is 35.8. The Morgan fingerprint density at radius 1 is 1.04 bits per heavy atom. The number of aliphatic carboxylic acids is 1. The van der Waals surface area contributed by atoms with Crippen molar-refractivity contribution in [2.45, 2.75) is 32.6 Å². The summed E-state index contributed by atoms with van der Waals surface area (Å²) < 4.78 is 5.43. The fourth-order valence-electron chi connectivity index (χ4n) is 3.97. The number of carbonyl (C=O) groups is 3. The van der Waals surface area contributed by atoms with Crippen LogP contribution in [0, 0.1) is 23.7 Å². The first-order valence-corrected chi connectivity index (χ1v) is 9.40. The van der Waals surface area contributed by atoms with E-state index in [2.05, 4.69) is 31.6 Å². The molecule has 150 valence electrons. The van der Waals surface area contributed by atoms with Crippen molar-refractivity contribution < 1.29 is 24.2 Å². The second-order valence-corrected chi connectivity index (χ2v) is 8.44. The topological polar surface area (TPSA) is 105 Å². The maximum Gasteiger partial charge on any atom is 0.307 e. The molecule has 2 aliphatic carbocycles. The Balaban J connectivity index is 1.47. The third-order valence-electron chi connectivity index (χ3n) is 5.46. The number of carboxylic acid groups (broad SMARTS) is 1. The van der Waals surface area contributed by atoms with Gasteiger partial charge in [0, 0.05) is 0 Å². The van der Waals surface area contributed by atoms with Gasteiger partial charge in [0.15, 0.2) is 6.61 Å². The predicted octanol–water partition coefficient (Wildman–Crippen LogP) is 2.03. The third kappa shape index (κ3) is 4.18. The van der Waals surface area contributed by atoms with Gasteiger partial charge >= 0.3 is 5.97 Å². The first-order valence-electron chi connectivity index (χ1n) is 9.40. The summed E-state index contributed by atoms with van der Waals surface area (Å²) in [6, 6.07) is 7.49. The molecule has 4 atom stereocenters. The maximum atomic E-state index is 12.4. The highest BCUT2D eigenvalue weighted by Gasteiger charge is 2.51. The highest BCUT2D eigenvalue weighted by atomic mass is 16.5. The lowest BCUT2D eigenvalue weighted by molar-refractivity contribution is -0.148. The molecule has 0 aromatic heterocycles. The summed E-state index contributed by atoms with van der Waals surface area (Å²) in [6.07, 6.45) is 4.42. The molecule has 0 radical (unpaired) electrons. The maximum absolute atomic E-state index is 12.4. The summed E-state index contributed by atoms with van der Waals surface area (Å²) in [5.41, 5.74) is 5.83. The van der Waals surface area contributed by atoms with Gasteiger partial charge in [-0.05, 0) is 41.4 Å². The van der Waals surface area contributed by atoms with Gasteiger partial charge in [-0.15, -0.1) is 0 Å². The second-order valence-electron chi connectivity index (χ2n) is 8.44. The van der Waals surface area contributed by atoms with E-state index in [0.29, 0.717) is 12.2 Å². The van der Waals surface area contributed by atoms with Crippen LogP contribution in [0.5, 0.6) is 5.75 Å². The Bertz CT molecular complexity index is 794. The lowest BCUT2D eigenvalue weighted by Gasteiger charge is -2.23. The van der Waals surface area contributed by atoms with Crippen LogP contribution in [-0.4, -0.2) is 29.5 Å². The quantitative estimate of drug-likeness (QED) is 0.531. The van der Waals surface area contributed by atoms with Gasteiger partial charge in [-0.3, -0.25) is 25.2 Å². The zero-order valence-corrected chi connectivity index (χ0v) is 16.3. The van der Waals surface area contributed by atoms with E-state index >= 15 is 0 Å². The summed E-state index contributed by atoms with van der Waals surface area (Å²) in [5.74, 6) is -3.05. The Morgan fingerprint density at radius 3 is 2.21 bits per heavy atom. The minimum Gasteiger partial charge on any atom is -0.484 e. The van der Waals surface area contributed by atoms with Gasteiger partial charge in [0.05, 0.1) is 11.8 Å². The first kappa shape index (κ1) is 19.9. The standard InChI is InChI=1S/C21H26N2O5/c1-21(2,3)14-6-8-15(9-7-14)28-11-16(24)22-23-19(25)17-12-4-5-13(10-12)18(17)20(26)27/h4-9,12-13,17-18H,10-11H2,1-3H3,(H,22,24)(H,23,25)(H,26,27)/t12-,13-,17+,18+/m0/s1. The van der Waals surface area contributed by atoms with Gasteiger partial charge in [-0.2, -0.15) is 0 Å². The van der Waals surface area contributed by atoms with E-state index in [1.807, 2.05) is 24.3 Å². The van der Waals surface area contributed by atoms with Crippen LogP contribution in [0.3, 0.4) is 0 Å². The van der Waals surface area contributed by atoms with Gasteiger partial charge in [-0.1, -0.05) is 45.1 Å². The van der Waals surface area contributed by atoms with Crippen molar-refractivity contribution in [2.24, 2.45) is 23.7 Å². The fraction of sp³-hybridized carbons (Fsp3) is 0.476. The van der Waals surface area contributed by atoms with Crippen LogP contribution >= 0.6 is 0 Å². The number of hydrogen-bond donors (Lipinski definition) is 3. The molecule has 3 N–H and O–H groups in total. The number of amides is 2. The van der Waals surface area contributed by atoms with Gasteiger partial charge in [0.2, 0.25) is 5.91 Å². The Labute approximate surface area is 164 Å². The van der Waals surface area contributed by atoms with E-state index in [1.54, 1.807) is 12.1 Å². The molecule has 0 saturated heterocycles. The van der Waals surface area contributed by atoms with Gasteiger partial charge < -0.3 is 9.84 Å². The molecule has 0 unspecified atom stereocenters. The molecule has 2 bridgehead atoms. The number of allylic oxidation sites excluding steroid dienone is 2. The minimum absolute atomic E-state index is 0.0306. The average Bonchev–Trinajstić information content (AvgIpc) is 3.25. The normalized spacial score (nSPS) is 25.4. The van der Waals surface area contributed by atoms with E-state index in [9.17, 15) is 19.5 Å². The largest absolute Gasteiger partial charge is 0.484 e. The van der Waals surface area contributed by atoms with Crippen LogP contribution in [0.15, 0.2) is 36.4 Å². The molecule has 28 heavy (non-hydrogen) atoms. The highest BCUT2D eigenvalue weighted by Crippen LogP contribution is 2.48. The monoisotopic (exact) mass is 386 g/mol. The van der Waals surface area contributed by atoms with Crippen molar-refractivity contribution in [3.05, 3.63) is 42.0 Å². The van der Waals surface area contributed by atoms with E-state index in [4.69, 9.17) is 4.74 Å². The van der Waals surface area contributed by atoms with Crippen molar-refractivity contribution in [1.82, 2.24) is 10.9 Å². The fourth-order valence-corrected chi connectivity index (χ4v) is 3.97. The molecule has 1 aromatic carbocycles. The number of carbonyl (C=O) groups excluding carboxylic acids is 2. The Morgan fingerprint density at radius 2 is 1.64 bits per heavy atom. The number of rotatable bonds is 5. The smallest absolute Gasteiger partial charge is 0.307 e. The lowest BCUT2D eigenvalue weighted by atomic mass is 9.82. The molecule has 0 spiro atoms. The molecule has 1 aromatic rings. The van der Waals surface area contributed by atoms with Gasteiger partial charge in [-0.25, -0.2) is 0 Å². The average molecular weight is 386 g/mol. The molecular formula is C21H26N2O5. The zero-order chi connectivity index (χ0) is 20.5. The number of fused-ring (bicyclic) bond motifs is 2. The summed E-state index contributed by atoms with van der Waals surface area (Å²) in [6.45, 7) is 6.08. The van der Waals surface area contributed by atoms with Gasteiger partial charge in [0.25, 0.3) is 5.91 Å². The number of ether oxygens (including phenoxy) is 1. The predicted molar refractivity (Wildman–Crippen MR) is 102 cm³/mol. The van der Waals surface area contributed by atoms with Crippen LogP contribution in [0.2, 0.25) is 0 Å². The molecule has 2 aliphatic rings. The second kappa shape index (κ2) is 7.66. The molecule has 1 fully saturated rings. The third-order valence-corrected chi connectivity index (χ3v) is 5.46. The van der Waals surface area contributed by atoms with Crippen molar-refractivity contribution in [1.29, 1.82) is 0 Å². The number of benzene rings is 1. The van der Waals surface area contributed by atoms with Crippen LogP contribution in [0.4, 0.5) is 0 Å². The van der Waals surface area contributed by atoms with Crippen LogP contribution in [-0.2, 0) is 19.8 Å². The van der Waals surface area contributed by atoms with Crippen molar-refractivity contribution >= 4 is 17.8 Å². The van der Waals surface area contributed by atoms with Crippen molar-refractivity contribution in [3.63, 3.8) is 0 Å². The Hall–Kier alpha value is -2.83. The first-order chi connectivity index (χ1) is 13.2. The van der Waals surface area contributed by atoms with E-state index < -0.39 is 29.6 Å². The summed E-state index contributed by atoms with van der Waals surface area (Å²) in [5, 5.41) is 9.39. The molecule has 2 amide bonds. The molecule has 7 nitrogen and oxygen atoms in total. The zero-order valence-electron chi connectivity index (χ0n) is 16.3. The number of hydrogen-bond acceptors (Lipinski definition) is 4.